The summed E-state index contributed by atoms with van der Waals surface area (Å²) in [5.74, 6) is 0.972. The number of hydrogen-bond donors (Lipinski definition) is 2. The van der Waals surface area contributed by atoms with E-state index in [-0.39, 0.29) is 11.3 Å². The molecule has 0 amide bonds. The Morgan fingerprint density at radius 1 is 1.03 bits per heavy atom. The van der Waals surface area contributed by atoms with Crippen molar-refractivity contribution >= 4 is 5.82 Å². The summed E-state index contributed by atoms with van der Waals surface area (Å²) in [5.41, 5.74) is 2.71. The first kappa shape index (κ1) is 20.7. The van der Waals surface area contributed by atoms with E-state index in [1.807, 2.05) is 30.3 Å². The number of benzene rings is 1. The van der Waals surface area contributed by atoms with Crippen molar-refractivity contribution in [2.24, 2.45) is 7.05 Å². The third-order valence-corrected chi connectivity index (χ3v) is 6.96. The molecule has 7 nitrogen and oxygen atoms in total. The number of hydrogen-bond acceptors (Lipinski definition) is 6. The van der Waals surface area contributed by atoms with Crippen molar-refractivity contribution in [2.75, 3.05) is 11.9 Å². The Bertz CT molecular complexity index is 1160. The van der Waals surface area contributed by atoms with E-state index >= 15 is 0 Å². The monoisotopic (exact) mass is 431 g/mol. The number of fused-ring (bicyclic) bond motifs is 2. The first-order valence-electron chi connectivity index (χ1n) is 11.3. The van der Waals surface area contributed by atoms with E-state index < -0.39 is 0 Å². The molecular weight excluding hydrogens is 402 g/mol. The van der Waals surface area contributed by atoms with Crippen LogP contribution in [0.3, 0.4) is 0 Å². The lowest BCUT2D eigenvalue weighted by atomic mass is 9.83. The van der Waals surface area contributed by atoms with Gasteiger partial charge in [-0.25, -0.2) is 0 Å². The molecule has 7 heteroatoms. The number of aromatic hydroxyl groups is 1. The van der Waals surface area contributed by atoms with Crippen molar-refractivity contribution < 1.29 is 5.11 Å². The van der Waals surface area contributed by atoms with Crippen molar-refractivity contribution in [3.05, 3.63) is 59.0 Å². The molecule has 2 N–H and O–H groups in total. The quantitative estimate of drug-likeness (QED) is 0.659. The predicted molar refractivity (Wildman–Crippen MR) is 126 cm³/mol. The SMILES string of the molecule is CN(c1ccc(-c2ccc(-c3ccn(C)c(=O)c3)cc2O)nn1)[C@H]1C[C@H]2CCC[C@@H](C1)N2. The molecule has 0 aliphatic carbocycles. The number of phenols is 1. The zero-order valence-electron chi connectivity index (χ0n) is 18.5. The van der Waals surface area contributed by atoms with Gasteiger partial charge in [-0.1, -0.05) is 12.5 Å². The molecule has 0 unspecified atom stereocenters. The van der Waals surface area contributed by atoms with Crippen LogP contribution in [0.1, 0.15) is 32.1 Å². The fourth-order valence-corrected chi connectivity index (χ4v) is 5.05. The molecule has 166 valence electrons. The van der Waals surface area contributed by atoms with Crippen LogP contribution in [0.15, 0.2) is 53.5 Å². The molecule has 2 aromatic heterocycles. The molecule has 0 spiro atoms. The Morgan fingerprint density at radius 3 is 2.44 bits per heavy atom. The number of nitrogens with one attached hydrogen (secondary N) is 1. The van der Waals surface area contributed by atoms with E-state index in [0.717, 1.165) is 29.8 Å². The number of piperidine rings is 2. The molecule has 0 saturated carbocycles. The van der Waals surface area contributed by atoms with Crippen molar-refractivity contribution in [1.82, 2.24) is 20.1 Å². The van der Waals surface area contributed by atoms with E-state index in [9.17, 15) is 9.90 Å². The van der Waals surface area contributed by atoms with Crippen molar-refractivity contribution in [2.45, 2.75) is 50.2 Å². The summed E-state index contributed by atoms with van der Waals surface area (Å²) in [6.07, 6.45) is 7.86. The number of aryl methyl sites for hydroxylation is 1. The molecule has 5 rings (SSSR count). The summed E-state index contributed by atoms with van der Waals surface area (Å²) >= 11 is 0. The van der Waals surface area contributed by atoms with Gasteiger partial charge in [-0.3, -0.25) is 4.79 Å². The first-order valence-corrected chi connectivity index (χ1v) is 11.3. The molecule has 2 saturated heterocycles. The largest absolute Gasteiger partial charge is 0.507 e. The second-order valence-electron chi connectivity index (χ2n) is 9.10. The van der Waals surface area contributed by atoms with E-state index in [2.05, 4.69) is 27.5 Å². The van der Waals surface area contributed by atoms with Crippen molar-refractivity contribution in [3.8, 4) is 28.1 Å². The summed E-state index contributed by atoms with van der Waals surface area (Å²) < 4.78 is 1.52. The van der Waals surface area contributed by atoms with Crippen LogP contribution in [-0.4, -0.2) is 45.0 Å². The molecule has 2 aliphatic rings. The third kappa shape index (κ3) is 4.00. The van der Waals surface area contributed by atoms with E-state index in [0.29, 0.717) is 29.4 Å². The molecule has 2 fully saturated rings. The Labute approximate surface area is 187 Å². The van der Waals surface area contributed by atoms with Crippen LogP contribution in [0, 0.1) is 0 Å². The lowest BCUT2D eigenvalue weighted by Crippen LogP contribution is -2.54. The van der Waals surface area contributed by atoms with Crippen LogP contribution in [0.4, 0.5) is 5.82 Å². The molecular formula is C25H29N5O2. The smallest absolute Gasteiger partial charge is 0.250 e. The molecule has 3 aromatic rings. The van der Waals surface area contributed by atoms with Crippen molar-refractivity contribution in [1.29, 1.82) is 0 Å². The Balaban J connectivity index is 1.34. The Hall–Kier alpha value is -3.19. The van der Waals surface area contributed by atoms with Gasteiger partial charge >= 0.3 is 0 Å². The molecule has 4 heterocycles. The van der Waals surface area contributed by atoms with Gasteiger partial charge in [0.15, 0.2) is 5.82 Å². The number of rotatable bonds is 4. The number of phenolic OH excluding ortho intramolecular Hbond substituents is 1. The van der Waals surface area contributed by atoms with Gasteiger partial charge in [0.25, 0.3) is 5.56 Å². The first-order chi connectivity index (χ1) is 15.5. The normalized spacial score (nSPS) is 22.5. The molecule has 1 aromatic carbocycles. The molecule has 2 bridgehead atoms. The van der Waals surface area contributed by atoms with Gasteiger partial charge in [0, 0.05) is 50.0 Å². The van der Waals surface area contributed by atoms with Gasteiger partial charge in [-0.05, 0) is 67.1 Å². The van der Waals surface area contributed by atoms with Crippen LogP contribution < -0.4 is 15.8 Å². The third-order valence-electron chi connectivity index (χ3n) is 6.96. The standard InChI is InChI=1S/C25H29N5O2/c1-29-11-10-17(13-25(29)32)16-6-7-21(23(31)12-16)22-8-9-24(28-27-22)30(2)20-14-18-4-3-5-19(15-20)26-18/h6-13,18-20,26,31H,3-5,14-15H2,1-2H3/t18-,19+,20+. The van der Waals surface area contributed by atoms with Gasteiger partial charge in [0.1, 0.15) is 5.75 Å². The van der Waals surface area contributed by atoms with Gasteiger partial charge in [0.2, 0.25) is 0 Å². The fourth-order valence-electron chi connectivity index (χ4n) is 5.05. The minimum Gasteiger partial charge on any atom is -0.507 e. The van der Waals surface area contributed by atoms with Crippen LogP contribution in [0.5, 0.6) is 5.75 Å². The van der Waals surface area contributed by atoms with E-state index in [4.69, 9.17) is 0 Å². The fraction of sp³-hybridized carbons (Fsp3) is 0.400. The zero-order chi connectivity index (χ0) is 22.2. The highest BCUT2D eigenvalue weighted by molar-refractivity contribution is 5.74. The molecule has 2 aliphatic heterocycles. The Kier molecular flexibility index (Phi) is 5.43. The van der Waals surface area contributed by atoms with Crippen LogP contribution in [-0.2, 0) is 7.05 Å². The van der Waals surface area contributed by atoms with Crippen LogP contribution in [0.25, 0.3) is 22.4 Å². The maximum Gasteiger partial charge on any atom is 0.250 e. The highest BCUT2D eigenvalue weighted by Crippen LogP contribution is 2.33. The summed E-state index contributed by atoms with van der Waals surface area (Å²) in [7, 11) is 3.81. The summed E-state index contributed by atoms with van der Waals surface area (Å²) in [6, 6.07) is 14.4. The maximum absolute atomic E-state index is 11.9. The topological polar surface area (TPSA) is 83.3 Å². The van der Waals surface area contributed by atoms with E-state index in [1.54, 1.807) is 25.4 Å². The lowest BCUT2D eigenvalue weighted by Gasteiger charge is -2.43. The second kappa shape index (κ2) is 8.39. The highest BCUT2D eigenvalue weighted by Gasteiger charge is 2.33. The highest BCUT2D eigenvalue weighted by atomic mass is 16.3. The van der Waals surface area contributed by atoms with Crippen LogP contribution >= 0.6 is 0 Å². The van der Waals surface area contributed by atoms with Crippen molar-refractivity contribution in [3.63, 3.8) is 0 Å². The molecule has 32 heavy (non-hydrogen) atoms. The lowest BCUT2D eigenvalue weighted by molar-refractivity contribution is 0.219. The number of nitrogens with zero attached hydrogens (tertiary/aromatic N) is 4. The average molecular weight is 432 g/mol. The predicted octanol–water partition coefficient (Wildman–Crippen LogP) is 3.32. The minimum absolute atomic E-state index is 0.0889. The molecule has 0 radical (unpaired) electrons. The summed E-state index contributed by atoms with van der Waals surface area (Å²) in [5, 5.41) is 23.2. The van der Waals surface area contributed by atoms with Crippen LogP contribution in [0.2, 0.25) is 0 Å². The van der Waals surface area contributed by atoms with Gasteiger partial charge in [0.05, 0.1) is 5.69 Å². The number of pyridine rings is 1. The second-order valence-corrected chi connectivity index (χ2v) is 9.10. The Morgan fingerprint density at radius 2 is 1.78 bits per heavy atom. The zero-order valence-corrected chi connectivity index (χ0v) is 18.5. The summed E-state index contributed by atoms with van der Waals surface area (Å²) in [6.45, 7) is 0. The molecule has 3 atom stereocenters. The van der Waals surface area contributed by atoms with Gasteiger partial charge in [-0.2, -0.15) is 0 Å². The van der Waals surface area contributed by atoms with E-state index in [1.165, 1.54) is 23.8 Å². The average Bonchev–Trinajstić information content (AvgIpc) is 2.80. The minimum atomic E-state index is -0.0889. The van der Waals surface area contributed by atoms with Gasteiger partial charge < -0.3 is 19.9 Å². The number of aromatic nitrogens is 3. The maximum atomic E-state index is 11.9. The number of anilines is 1. The van der Waals surface area contributed by atoms with Gasteiger partial charge in [-0.15, -0.1) is 10.2 Å². The summed E-state index contributed by atoms with van der Waals surface area (Å²) in [4.78, 5) is 14.2.